The van der Waals surface area contributed by atoms with E-state index in [1.807, 2.05) is 31.2 Å². The third-order valence-corrected chi connectivity index (χ3v) is 3.41. The summed E-state index contributed by atoms with van der Waals surface area (Å²) in [4.78, 5) is 13.7. The first-order chi connectivity index (χ1) is 8.57. The molecule has 1 saturated heterocycles. The second-order valence-corrected chi connectivity index (χ2v) is 5.12. The minimum atomic E-state index is -0.287. The van der Waals surface area contributed by atoms with Crippen LogP contribution >= 0.6 is 0 Å². The number of rotatable bonds is 4. The fourth-order valence-corrected chi connectivity index (χ4v) is 2.42. The summed E-state index contributed by atoms with van der Waals surface area (Å²) >= 11 is 0. The van der Waals surface area contributed by atoms with Crippen LogP contribution in [0.4, 0.5) is 10.5 Å². The third kappa shape index (κ3) is 2.34. The van der Waals surface area contributed by atoms with Gasteiger partial charge in [-0.05, 0) is 50.9 Å². The summed E-state index contributed by atoms with van der Waals surface area (Å²) < 4.78 is 5.22. The molecule has 0 bridgehead atoms. The van der Waals surface area contributed by atoms with Crippen molar-refractivity contribution in [2.24, 2.45) is 5.73 Å². The Balaban J connectivity index is 2.30. The molecule has 2 N–H and O–H groups in total. The highest BCUT2D eigenvalue weighted by Crippen LogP contribution is 2.34. The molecule has 1 aromatic carbocycles. The van der Waals surface area contributed by atoms with E-state index in [0.717, 1.165) is 24.1 Å². The molecule has 4 nitrogen and oxygen atoms in total. The lowest BCUT2D eigenvalue weighted by molar-refractivity contribution is 0.173. The average Bonchev–Trinajstić information content (AvgIpc) is 2.63. The quantitative estimate of drug-likeness (QED) is 0.890. The second-order valence-electron chi connectivity index (χ2n) is 5.12. The molecule has 0 saturated carbocycles. The molecule has 0 radical (unpaired) electrons. The molecule has 1 aliphatic heterocycles. The smallest absolute Gasteiger partial charge is 0.415 e. The van der Waals surface area contributed by atoms with Gasteiger partial charge in [0, 0.05) is 5.69 Å². The standard InChI is InChI=1S/C14H20N2O2/c1-11-5-3-6-12(9-11)16-13(17)18-10-14(16,2)7-4-8-15/h3,5-6,9H,4,7-8,10,15H2,1-2H3. The Morgan fingerprint density at radius 1 is 1.50 bits per heavy atom. The average molecular weight is 248 g/mol. The number of anilines is 1. The Kier molecular flexibility index (Phi) is 3.57. The van der Waals surface area contributed by atoms with E-state index >= 15 is 0 Å². The molecule has 1 atom stereocenters. The minimum absolute atomic E-state index is 0.264. The summed E-state index contributed by atoms with van der Waals surface area (Å²) in [5.41, 5.74) is 7.31. The van der Waals surface area contributed by atoms with Crippen LogP contribution < -0.4 is 10.6 Å². The van der Waals surface area contributed by atoms with Gasteiger partial charge < -0.3 is 10.5 Å². The van der Waals surface area contributed by atoms with Gasteiger partial charge in [0.05, 0.1) is 5.54 Å². The normalized spacial score (nSPS) is 23.3. The lowest BCUT2D eigenvalue weighted by Crippen LogP contribution is -2.45. The van der Waals surface area contributed by atoms with Crippen molar-refractivity contribution in [2.45, 2.75) is 32.2 Å². The largest absolute Gasteiger partial charge is 0.447 e. The topological polar surface area (TPSA) is 55.6 Å². The summed E-state index contributed by atoms with van der Waals surface area (Å²) in [6.45, 7) is 5.13. The highest BCUT2D eigenvalue weighted by molar-refractivity contribution is 5.91. The van der Waals surface area contributed by atoms with Crippen LogP contribution in [0.25, 0.3) is 0 Å². The number of hydrogen-bond acceptors (Lipinski definition) is 3. The zero-order valence-corrected chi connectivity index (χ0v) is 11.0. The zero-order valence-electron chi connectivity index (χ0n) is 11.0. The van der Waals surface area contributed by atoms with Crippen LogP contribution in [0.2, 0.25) is 0 Å². The van der Waals surface area contributed by atoms with E-state index in [-0.39, 0.29) is 11.6 Å². The van der Waals surface area contributed by atoms with Gasteiger partial charge in [-0.3, -0.25) is 4.90 Å². The van der Waals surface area contributed by atoms with Crippen LogP contribution in [-0.4, -0.2) is 24.8 Å². The van der Waals surface area contributed by atoms with Crippen molar-refractivity contribution in [1.29, 1.82) is 0 Å². The third-order valence-electron chi connectivity index (χ3n) is 3.41. The SMILES string of the molecule is Cc1cccc(N2C(=O)OCC2(C)CCCN)c1. The molecule has 1 fully saturated rings. The molecule has 0 aliphatic carbocycles. The summed E-state index contributed by atoms with van der Waals surface area (Å²) in [7, 11) is 0. The lowest BCUT2D eigenvalue weighted by atomic mass is 9.95. The van der Waals surface area contributed by atoms with Crippen LogP contribution in [0.5, 0.6) is 0 Å². The first kappa shape index (κ1) is 12.9. The lowest BCUT2D eigenvalue weighted by Gasteiger charge is -2.32. The number of aryl methyl sites for hydroxylation is 1. The van der Waals surface area contributed by atoms with Gasteiger partial charge in [-0.25, -0.2) is 4.79 Å². The van der Waals surface area contributed by atoms with E-state index in [1.54, 1.807) is 4.90 Å². The number of nitrogens with zero attached hydrogens (tertiary/aromatic N) is 1. The number of cyclic esters (lactones) is 1. The van der Waals surface area contributed by atoms with Gasteiger partial charge in [0.1, 0.15) is 6.61 Å². The highest BCUT2D eigenvalue weighted by atomic mass is 16.6. The van der Waals surface area contributed by atoms with Crippen LogP contribution in [0.15, 0.2) is 24.3 Å². The van der Waals surface area contributed by atoms with Crippen LogP contribution in [-0.2, 0) is 4.74 Å². The molecule has 0 aromatic heterocycles. The molecule has 2 rings (SSSR count). The Morgan fingerprint density at radius 3 is 2.94 bits per heavy atom. The van der Waals surface area contributed by atoms with E-state index < -0.39 is 0 Å². The van der Waals surface area contributed by atoms with Gasteiger partial charge in [0.2, 0.25) is 0 Å². The van der Waals surface area contributed by atoms with Gasteiger partial charge in [-0.2, -0.15) is 0 Å². The fourth-order valence-electron chi connectivity index (χ4n) is 2.42. The van der Waals surface area contributed by atoms with Gasteiger partial charge in [-0.1, -0.05) is 12.1 Å². The van der Waals surface area contributed by atoms with Crippen molar-refractivity contribution >= 4 is 11.8 Å². The van der Waals surface area contributed by atoms with Crippen molar-refractivity contribution in [3.8, 4) is 0 Å². The predicted octanol–water partition coefficient (Wildman–Crippen LogP) is 2.45. The zero-order chi connectivity index (χ0) is 13.2. The Hall–Kier alpha value is -1.55. The maximum atomic E-state index is 11.9. The van der Waals surface area contributed by atoms with Crippen LogP contribution in [0, 0.1) is 6.92 Å². The first-order valence-electron chi connectivity index (χ1n) is 6.30. The fraction of sp³-hybridized carbons (Fsp3) is 0.500. The molecule has 1 unspecified atom stereocenters. The molecule has 1 amide bonds. The summed E-state index contributed by atoms with van der Waals surface area (Å²) in [6.07, 6.45) is 1.47. The number of carbonyl (C=O) groups excluding carboxylic acids is 1. The number of benzene rings is 1. The van der Waals surface area contributed by atoms with E-state index in [1.165, 1.54) is 0 Å². The second kappa shape index (κ2) is 4.98. The van der Waals surface area contributed by atoms with E-state index in [9.17, 15) is 4.79 Å². The number of ether oxygens (including phenoxy) is 1. The van der Waals surface area contributed by atoms with E-state index in [4.69, 9.17) is 10.5 Å². The van der Waals surface area contributed by atoms with Crippen molar-refractivity contribution in [3.05, 3.63) is 29.8 Å². The highest BCUT2D eigenvalue weighted by Gasteiger charge is 2.44. The predicted molar refractivity (Wildman–Crippen MR) is 71.7 cm³/mol. The summed E-state index contributed by atoms with van der Waals surface area (Å²) in [5, 5.41) is 0. The number of carbonyl (C=O) groups is 1. The van der Waals surface area contributed by atoms with Crippen molar-refractivity contribution in [1.82, 2.24) is 0 Å². The van der Waals surface area contributed by atoms with Crippen molar-refractivity contribution in [2.75, 3.05) is 18.1 Å². The molecule has 18 heavy (non-hydrogen) atoms. The number of amides is 1. The van der Waals surface area contributed by atoms with E-state index in [0.29, 0.717) is 13.2 Å². The monoisotopic (exact) mass is 248 g/mol. The molecule has 1 heterocycles. The van der Waals surface area contributed by atoms with Crippen molar-refractivity contribution in [3.63, 3.8) is 0 Å². The van der Waals surface area contributed by atoms with Crippen LogP contribution in [0.1, 0.15) is 25.3 Å². The Morgan fingerprint density at radius 2 is 2.28 bits per heavy atom. The van der Waals surface area contributed by atoms with Gasteiger partial charge in [-0.15, -0.1) is 0 Å². The van der Waals surface area contributed by atoms with Crippen LogP contribution in [0.3, 0.4) is 0 Å². The maximum Gasteiger partial charge on any atom is 0.415 e. The summed E-state index contributed by atoms with van der Waals surface area (Å²) in [6, 6.07) is 7.93. The molecule has 0 spiro atoms. The van der Waals surface area contributed by atoms with Crippen molar-refractivity contribution < 1.29 is 9.53 Å². The summed E-state index contributed by atoms with van der Waals surface area (Å²) in [5.74, 6) is 0. The van der Waals surface area contributed by atoms with E-state index in [2.05, 4.69) is 6.92 Å². The van der Waals surface area contributed by atoms with Gasteiger partial charge in [0.15, 0.2) is 0 Å². The number of hydrogen-bond donors (Lipinski definition) is 1. The molecule has 4 heteroatoms. The van der Waals surface area contributed by atoms with Gasteiger partial charge >= 0.3 is 6.09 Å². The van der Waals surface area contributed by atoms with Gasteiger partial charge in [0.25, 0.3) is 0 Å². The molecule has 1 aromatic rings. The molecule has 1 aliphatic rings. The maximum absolute atomic E-state index is 11.9. The first-order valence-corrected chi connectivity index (χ1v) is 6.30. The molecular weight excluding hydrogens is 228 g/mol. The number of nitrogens with two attached hydrogens (primary N) is 1. The minimum Gasteiger partial charge on any atom is -0.447 e. The molecular formula is C14H20N2O2. The molecule has 98 valence electrons. The Bertz CT molecular complexity index is 447. The Labute approximate surface area is 108 Å².